The summed E-state index contributed by atoms with van der Waals surface area (Å²) in [4.78, 5) is 10.6. The molecule has 0 saturated carbocycles. The van der Waals surface area contributed by atoms with Crippen molar-refractivity contribution >= 4 is 11.0 Å². The Bertz CT molecular complexity index is 3160. The molecule has 0 spiro atoms. The number of rotatable bonds is 10. The van der Waals surface area contributed by atoms with E-state index in [-0.39, 0.29) is 17.6 Å². The van der Waals surface area contributed by atoms with Crippen LogP contribution in [-0.4, -0.2) is 19.6 Å². The van der Waals surface area contributed by atoms with Gasteiger partial charge in [-0.25, -0.2) is 4.98 Å². The largest absolute Gasteiger partial charge is 0.507 e. The van der Waals surface area contributed by atoms with Gasteiger partial charge in [-0.3, -0.25) is 9.55 Å². The van der Waals surface area contributed by atoms with Crippen molar-refractivity contribution < 1.29 is 6.48 Å². The second-order valence-electron chi connectivity index (χ2n) is 17.7. The van der Waals surface area contributed by atoms with Crippen LogP contribution in [0, 0.1) is 13.8 Å². The zero-order chi connectivity index (χ0) is 44.9. The van der Waals surface area contributed by atoms with Gasteiger partial charge in [-0.2, -0.15) is 0 Å². The van der Waals surface area contributed by atoms with E-state index in [1.165, 1.54) is 11.1 Å². The fraction of sp³-hybridized carbons (Fsp3) is 0.186. The van der Waals surface area contributed by atoms with Crippen LogP contribution in [0.2, 0.25) is 0 Å². The van der Waals surface area contributed by atoms with Crippen LogP contribution in [0.1, 0.15) is 88.5 Å². The molecule has 4 nitrogen and oxygen atoms in total. The Balaban J connectivity index is 1.30. The van der Waals surface area contributed by atoms with Crippen molar-refractivity contribution in [1.82, 2.24) is 14.5 Å². The maximum atomic E-state index is 12.2. The zero-order valence-corrected chi connectivity index (χ0v) is 37.5. The van der Waals surface area contributed by atoms with E-state index in [1.807, 2.05) is 44.3 Å². The number of phenols is 1. The van der Waals surface area contributed by atoms with Crippen LogP contribution in [-0.2, 0) is 0 Å². The molecule has 0 amide bonds. The summed E-state index contributed by atoms with van der Waals surface area (Å²) in [6, 6.07) is 55.5. The van der Waals surface area contributed by atoms with E-state index in [0.29, 0.717) is 5.82 Å². The van der Waals surface area contributed by atoms with E-state index in [2.05, 4.69) is 180 Å². The second kappa shape index (κ2) is 17.0. The average Bonchev–Trinajstić information content (AvgIpc) is 3.69. The molecular formula is C59H55N3O. The highest BCUT2D eigenvalue weighted by molar-refractivity contribution is 5.98. The summed E-state index contributed by atoms with van der Waals surface area (Å²) in [5.74, 6) is 0.646. The van der Waals surface area contributed by atoms with Crippen LogP contribution in [0.5, 0.6) is 5.75 Å². The summed E-state index contributed by atoms with van der Waals surface area (Å²) in [6.07, 6.45) is 1.88. The molecule has 2 aromatic heterocycles. The number of fused-ring (bicyclic) bond motifs is 1. The van der Waals surface area contributed by atoms with Crippen molar-refractivity contribution in [1.29, 1.82) is 0 Å². The molecular weight excluding hydrogens is 767 g/mol. The van der Waals surface area contributed by atoms with Gasteiger partial charge in [0.25, 0.3) is 0 Å². The molecule has 4 heteroatoms. The first kappa shape index (κ1) is 40.1. The van der Waals surface area contributed by atoms with Gasteiger partial charge in [0.1, 0.15) is 11.6 Å². The minimum absolute atomic E-state index is 0.109. The van der Waals surface area contributed by atoms with Crippen molar-refractivity contribution in [2.45, 2.75) is 73.1 Å². The van der Waals surface area contributed by atoms with Crippen molar-refractivity contribution in [3.05, 3.63) is 192 Å². The number of imidazole rings is 1. The number of aromatic nitrogens is 3. The molecule has 0 aliphatic rings. The molecule has 0 saturated heterocycles. The average molecular weight is 823 g/mol. The molecule has 0 atom stereocenters. The summed E-state index contributed by atoms with van der Waals surface area (Å²) in [5.41, 5.74) is 19.4. The number of hydrogen-bond acceptors (Lipinski definition) is 3. The maximum absolute atomic E-state index is 12.2. The topological polar surface area (TPSA) is 50.9 Å². The number of hydrogen-bond donors (Lipinski definition) is 1. The Hall–Kier alpha value is -7.04. The molecule has 0 aliphatic heterocycles. The van der Waals surface area contributed by atoms with Crippen LogP contribution in [0.15, 0.2) is 164 Å². The monoisotopic (exact) mass is 822 g/mol. The molecule has 7 aromatic carbocycles. The standard InChI is InChI=1S/C59H55N3O/c1-36(2)41-22-24-43(25-23-41)45-26-27-60-55(34-45)49-30-47(42-16-11-9-12-17-42)29-48(31-49)51-20-15-21-56-57(51)61-59(54-33-46(37(3)4)32-52(38(5)6)58(54)63)62(56)50-28-39(7)40(8)53(35-50)44-18-13-10-14-19-44/h9-38,63H,1-8H3/i36D. The van der Waals surface area contributed by atoms with E-state index >= 15 is 0 Å². The molecule has 312 valence electrons. The quantitative estimate of drug-likeness (QED) is 0.149. The van der Waals surface area contributed by atoms with Gasteiger partial charge in [-0.1, -0.05) is 145 Å². The summed E-state index contributed by atoms with van der Waals surface area (Å²) < 4.78 is 10.8. The summed E-state index contributed by atoms with van der Waals surface area (Å²) in [7, 11) is 0. The third-order valence-electron chi connectivity index (χ3n) is 12.6. The van der Waals surface area contributed by atoms with Crippen molar-refractivity contribution in [3.8, 4) is 78.6 Å². The van der Waals surface area contributed by atoms with Gasteiger partial charge in [0.15, 0.2) is 0 Å². The molecule has 0 radical (unpaired) electrons. The third-order valence-corrected chi connectivity index (χ3v) is 12.6. The lowest BCUT2D eigenvalue weighted by molar-refractivity contribution is 0.466. The Morgan fingerprint density at radius 2 is 1.19 bits per heavy atom. The third kappa shape index (κ3) is 7.98. The van der Waals surface area contributed by atoms with Gasteiger partial charge in [-0.15, -0.1) is 0 Å². The lowest BCUT2D eigenvalue weighted by Gasteiger charge is -2.19. The summed E-state index contributed by atoms with van der Waals surface area (Å²) >= 11 is 0. The predicted octanol–water partition coefficient (Wildman–Crippen LogP) is 16.1. The molecule has 2 heterocycles. The minimum atomic E-state index is -0.671. The predicted molar refractivity (Wildman–Crippen MR) is 265 cm³/mol. The Kier molecular flexibility index (Phi) is 10.8. The Morgan fingerprint density at radius 1 is 0.524 bits per heavy atom. The molecule has 0 fully saturated rings. The van der Waals surface area contributed by atoms with E-state index in [0.717, 1.165) is 94.7 Å². The number of aromatic hydroxyl groups is 1. The van der Waals surface area contributed by atoms with Gasteiger partial charge in [-0.05, 0) is 153 Å². The number of phenolic OH excluding ortho intramolecular Hbond substituents is 1. The highest BCUT2D eigenvalue weighted by Crippen LogP contribution is 2.44. The van der Waals surface area contributed by atoms with E-state index in [1.54, 1.807) is 0 Å². The minimum Gasteiger partial charge on any atom is -0.507 e. The molecule has 0 aliphatic carbocycles. The van der Waals surface area contributed by atoms with Crippen molar-refractivity contribution in [3.63, 3.8) is 0 Å². The number of para-hydroxylation sites is 1. The molecule has 0 bridgehead atoms. The normalized spacial score (nSPS) is 12.1. The van der Waals surface area contributed by atoms with E-state index in [4.69, 9.17) is 11.3 Å². The second-order valence-corrected chi connectivity index (χ2v) is 17.7. The van der Waals surface area contributed by atoms with Gasteiger partial charge in [0, 0.05) is 24.4 Å². The van der Waals surface area contributed by atoms with Crippen LogP contribution in [0.25, 0.3) is 83.9 Å². The number of benzene rings is 7. The number of nitrogens with zero attached hydrogens (tertiary/aromatic N) is 3. The first-order chi connectivity index (χ1) is 30.7. The van der Waals surface area contributed by atoms with Crippen LogP contribution < -0.4 is 0 Å². The van der Waals surface area contributed by atoms with Gasteiger partial charge in [0.05, 0.1) is 22.3 Å². The van der Waals surface area contributed by atoms with Crippen LogP contribution in [0.4, 0.5) is 0 Å². The van der Waals surface area contributed by atoms with E-state index in [9.17, 15) is 5.11 Å². The van der Waals surface area contributed by atoms with Crippen LogP contribution >= 0.6 is 0 Å². The van der Waals surface area contributed by atoms with E-state index < -0.39 is 5.89 Å². The molecule has 0 unspecified atom stereocenters. The molecule has 9 aromatic rings. The van der Waals surface area contributed by atoms with Gasteiger partial charge in [0.2, 0.25) is 0 Å². The first-order valence-corrected chi connectivity index (χ1v) is 22.1. The van der Waals surface area contributed by atoms with Crippen molar-refractivity contribution in [2.75, 3.05) is 0 Å². The van der Waals surface area contributed by atoms with Gasteiger partial charge < -0.3 is 5.11 Å². The Labute approximate surface area is 374 Å². The smallest absolute Gasteiger partial charge is 0.149 e. The van der Waals surface area contributed by atoms with Crippen molar-refractivity contribution in [2.24, 2.45) is 0 Å². The zero-order valence-electron chi connectivity index (χ0n) is 38.5. The molecule has 1 N–H and O–H groups in total. The maximum Gasteiger partial charge on any atom is 0.149 e. The highest BCUT2D eigenvalue weighted by atomic mass is 16.3. The fourth-order valence-electron chi connectivity index (χ4n) is 8.78. The number of aryl methyl sites for hydroxylation is 1. The molecule has 63 heavy (non-hydrogen) atoms. The highest BCUT2D eigenvalue weighted by Gasteiger charge is 2.25. The van der Waals surface area contributed by atoms with Crippen LogP contribution in [0.3, 0.4) is 0 Å². The lowest BCUT2D eigenvalue weighted by atomic mass is 9.91. The van der Waals surface area contributed by atoms with Gasteiger partial charge >= 0.3 is 0 Å². The summed E-state index contributed by atoms with van der Waals surface area (Å²) in [5, 5.41) is 12.2. The lowest BCUT2D eigenvalue weighted by Crippen LogP contribution is -2.03. The fourth-order valence-corrected chi connectivity index (χ4v) is 8.78. The summed E-state index contributed by atoms with van der Waals surface area (Å²) in [6.45, 7) is 16.9. The first-order valence-electron chi connectivity index (χ1n) is 22.6. The Morgan fingerprint density at radius 3 is 1.87 bits per heavy atom. The SMILES string of the molecule is [2H]C(C)(C)c1ccc(-c2ccnc(-c3cc(-c4ccccc4)cc(-c4cccc5c4nc(-c4cc(C(C)C)cc(C(C)C)c4O)n5-c4cc(C)c(C)c(-c5ccccc5)c4)c3)c2)cc1. The number of pyridine rings is 1. The molecule has 9 rings (SSSR count).